The molecule has 0 saturated heterocycles. The van der Waals surface area contributed by atoms with Gasteiger partial charge in [0.2, 0.25) is 0 Å². The predicted molar refractivity (Wildman–Crippen MR) is 84.7 cm³/mol. The van der Waals surface area contributed by atoms with Crippen LogP contribution in [-0.2, 0) is 9.53 Å². The van der Waals surface area contributed by atoms with Crippen molar-refractivity contribution < 1.29 is 14.3 Å². The lowest BCUT2D eigenvalue weighted by Crippen LogP contribution is -2.37. The third kappa shape index (κ3) is 6.63. The highest BCUT2D eigenvalue weighted by Gasteiger charge is 2.15. The molecule has 0 aliphatic carbocycles. The van der Waals surface area contributed by atoms with E-state index in [1.54, 1.807) is 6.92 Å². The number of hydrogen-bond acceptors (Lipinski definition) is 3. The van der Waals surface area contributed by atoms with Crippen LogP contribution in [-0.4, -0.2) is 31.3 Å². The summed E-state index contributed by atoms with van der Waals surface area (Å²) >= 11 is 0. The van der Waals surface area contributed by atoms with Crippen LogP contribution in [0.4, 0.5) is 0 Å². The third-order valence-electron chi connectivity index (χ3n) is 3.09. The van der Waals surface area contributed by atoms with Gasteiger partial charge in [-0.05, 0) is 58.2 Å². The van der Waals surface area contributed by atoms with E-state index < -0.39 is 6.10 Å². The Morgan fingerprint density at radius 2 is 1.95 bits per heavy atom. The van der Waals surface area contributed by atoms with Gasteiger partial charge in [-0.3, -0.25) is 4.79 Å². The molecule has 118 valence electrons. The molecule has 0 saturated carbocycles. The fraction of sp³-hybridized carbons (Fsp3) is 0.588. The molecule has 0 aromatic heterocycles. The van der Waals surface area contributed by atoms with Gasteiger partial charge in [-0.1, -0.05) is 12.1 Å². The molecule has 21 heavy (non-hydrogen) atoms. The van der Waals surface area contributed by atoms with E-state index in [4.69, 9.17) is 9.47 Å². The van der Waals surface area contributed by atoms with Crippen molar-refractivity contribution >= 4 is 5.91 Å². The molecule has 1 atom stereocenters. The van der Waals surface area contributed by atoms with Crippen molar-refractivity contribution in [2.75, 3.05) is 13.2 Å². The summed E-state index contributed by atoms with van der Waals surface area (Å²) in [4.78, 5) is 12.0. The highest BCUT2D eigenvalue weighted by Crippen LogP contribution is 2.20. The van der Waals surface area contributed by atoms with Crippen LogP contribution in [0.5, 0.6) is 5.75 Å². The number of rotatable bonds is 8. The van der Waals surface area contributed by atoms with Crippen molar-refractivity contribution in [2.24, 2.45) is 0 Å². The SMILES string of the molecule is Cc1ccc(C)c(O[C@H](C)C(=O)NCCCOC(C)C)c1. The number of ether oxygens (including phenoxy) is 2. The van der Waals surface area contributed by atoms with E-state index in [1.807, 2.05) is 45.9 Å². The molecule has 1 rings (SSSR count). The lowest BCUT2D eigenvalue weighted by atomic mass is 10.1. The van der Waals surface area contributed by atoms with Gasteiger partial charge in [0, 0.05) is 13.2 Å². The smallest absolute Gasteiger partial charge is 0.260 e. The van der Waals surface area contributed by atoms with E-state index >= 15 is 0 Å². The molecule has 0 aliphatic rings. The Hall–Kier alpha value is -1.55. The average Bonchev–Trinajstić information content (AvgIpc) is 2.41. The third-order valence-corrected chi connectivity index (χ3v) is 3.09. The van der Waals surface area contributed by atoms with Gasteiger partial charge in [0.15, 0.2) is 6.10 Å². The zero-order valence-corrected chi connectivity index (χ0v) is 13.7. The van der Waals surface area contributed by atoms with Crippen LogP contribution in [0, 0.1) is 13.8 Å². The molecular weight excluding hydrogens is 266 g/mol. The molecule has 1 aromatic rings. The van der Waals surface area contributed by atoms with Crippen LogP contribution >= 0.6 is 0 Å². The van der Waals surface area contributed by atoms with Gasteiger partial charge in [-0.2, -0.15) is 0 Å². The van der Waals surface area contributed by atoms with Gasteiger partial charge in [-0.15, -0.1) is 0 Å². The van der Waals surface area contributed by atoms with Crippen molar-refractivity contribution in [1.29, 1.82) is 0 Å². The summed E-state index contributed by atoms with van der Waals surface area (Å²) in [5.74, 6) is 0.668. The molecule has 0 spiro atoms. The lowest BCUT2D eigenvalue weighted by molar-refractivity contribution is -0.127. The standard InChI is InChI=1S/C17H27NO3/c1-12(2)20-10-6-9-18-17(19)15(5)21-16-11-13(3)7-8-14(16)4/h7-8,11-12,15H,6,9-10H2,1-5H3,(H,18,19)/t15-/m1/s1. The number of hydrogen-bond donors (Lipinski definition) is 1. The highest BCUT2D eigenvalue weighted by atomic mass is 16.5. The first-order valence-electron chi connectivity index (χ1n) is 7.53. The Kier molecular flexibility index (Phi) is 7.23. The minimum absolute atomic E-state index is 0.0968. The number of amides is 1. The van der Waals surface area contributed by atoms with E-state index in [0.29, 0.717) is 13.2 Å². The monoisotopic (exact) mass is 293 g/mol. The first-order valence-corrected chi connectivity index (χ1v) is 7.53. The minimum Gasteiger partial charge on any atom is -0.481 e. The van der Waals surface area contributed by atoms with Crippen LogP contribution in [0.15, 0.2) is 18.2 Å². The number of carbonyl (C=O) groups excluding carboxylic acids is 1. The molecule has 0 bridgehead atoms. The van der Waals surface area contributed by atoms with Crippen LogP contribution in [0.25, 0.3) is 0 Å². The van der Waals surface area contributed by atoms with Gasteiger partial charge in [0.1, 0.15) is 5.75 Å². The van der Waals surface area contributed by atoms with E-state index in [9.17, 15) is 4.79 Å². The molecule has 0 unspecified atom stereocenters. The Morgan fingerprint density at radius 1 is 1.24 bits per heavy atom. The first kappa shape index (κ1) is 17.5. The maximum Gasteiger partial charge on any atom is 0.260 e. The lowest BCUT2D eigenvalue weighted by Gasteiger charge is -2.17. The van der Waals surface area contributed by atoms with Gasteiger partial charge >= 0.3 is 0 Å². The first-order chi connectivity index (χ1) is 9.90. The molecule has 0 fully saturated rings. The van der Waals surface area contributed by atoms with Gasteiger partial charge in [0.25, 0.3) is 5.91 Å². The summed E-state index contributed by atoms with van der Waals surface area (Å²) in [7, 11) is 0. The predicted octanol–water partition coefficient (Wildman–Crippen LogP) is 3.00. The summed E-state index contributed by atoms with van der Waals surface area (Å²) in [6, 6.07) is 5.98. The molecule has 0 aliphatic heterocycles. The molecule has 1 aromatic carbocycles. The van der Waals surface area contributed by atoms with Crippen LogP contribution in [0.1, 0.15) is 38.3 Å². The highest BCUT2D eigenvalue weighted by molar-refractivity contribution is 5.80. The quantitative estimate of drug-likeness (QED) is 0.750. The largest absolute Gasteiger partial charge is 0.481 e. The minimum atomic E-state index is -0.503. The maximum absolute atomic E-state index is 12.0. The van der Waals surface area contributed by atoms with Gasteiger partial charge in [0.05, 0.1) is 6.10 Å². The molecule has 4 heteroatoms. The van der Waals surface area contributed by atoms with Gasteiger partial charge < -0.3 is 14.8 Å². The summed E-state index contributed by atoms with van der Waals surface area (Å²) in [5, 5.41) is 2.87. The molecule has 1 amide bonds. The summed E-state index contributed by atoms with van der Waals surface area (Å²) in [6.45, 7) is 11.0. The molecule has 0 heterocycles. The molecule has 0 radical (unpaired) electrons. The average molecular weight is 293 g/mol. The summed E-state index contributed by atoms with van der Waals surface area (Å²) in [6.07, 6.45) is 0.531. The van der Waals surface area contributed by atoms with Crippen LogP contribution < -0.4 is 10.1 Å². The van der Waals surface area contributed by atoms with Crippen molar-refractivity contribution in [3.05, 3.63) is 29.3 Å². The Labute approximate surface area is 127 Å². The van der Waals surface area contributed by atoms with Gasteiger partial charge in [-0.25, -0.2) is 0 Å². The number of carbonyl (C=O) groups is 1. The second-order valence-corrected chi connectivity index (χ2v) is 5.59. The molecule has 4 nitrogen and oxygen atoms in total. The van der Waals surface area contributed by atoms with Crippen LogP contribution in [0.2, 0.25) is 0 Å². The normalized spacial score (nSPS) is 12.3. The number of benzene rings is 1. The second kappa shape index (κ2) is 8.67. The van der Waals surface area contributed by atoms with Crippen molar-refractivity contribution in [2.45, 2.75) is 53.2 Å². The molecular formula is C17H27NO3. The maximum atomic E-state index is 12.0. The van der Waals surface area contributed by atoms with Crippen molar-refractivity contribution in [3.63, 3.8) is 0 Å². The Balaban J connectivity index is 2.35. The van der Waals surface area contributed by atoms with E-state index in [0.717, 1.165) is 23.3 Å². The van der Waals surface area contributed by atoms with Crippen molar-refractivity contribution in [1.82, 2.24) is 5.32 Å². The number of aryl methyl sites for hydroxylation is 2. The summed E-state index contributed by atoms with van der Waals surface area (Å²) < 4.78 is 11.2. The van der Waals surface area contributed by atoms with E-state index in [1.165, 1.54) is 0 Å². The van der Waals surface area contributed by atoms with Crippen LogP contribution in [0.3, 0.4) is 0 Å². The van der Waals surface area contributed by atoms with E-state index in [-0.39, 0.29) is 12.0 Å². The second-order valence-electron chi connectivity index (χ2n) is 5.59. The zero-order chi connectivity index (χ0) is 15.8. The van der Waals surface area contributed by atoms with Crippen molar-refractivity contribution in [3.8, 4) is 5.75 Å². The zero-order valence-electron chi connectivity index (χ0n) is 13.7. The molecule has 1 N–H and O–H groups in total. The summed E-state index contributed by atoms with van der Waals surface area (Å²) in [5.41, 5.74) is 2.15. The Morgan fingerprint density at radius 3 is 2.62 bits per heavy atom. The Bertz CT molecular complexity index is 457. The fourth-order valence-corrected chi connectivity index (χ4v) is 1.82. The fourth-order valence-electron chi connectivity index (χ4n) is 1.82. The topological polar surface area (TPSA) is 47.6 Å². The number of nitrogens with one attached hydrogen (secondary N) is 1. The van der Waals surface area contributed by atoms with E-state index in [2.05, 4.69) is 5.32 Å².